The maximum Gasteiger partial charge on any atom is 1.00 e. The number of imidazole rings is 1. The molecule has 0 saturated heterocycles. The molecule has 317 valence electrons. The van der Waals surface area contributed by atoms with Crippen molar-refractivity contribution in [3.05, 3.63) is 50.8 Å². The molecule has 1 aromatic heterocycles. The van der Waals surface area contributed by atoms with Gasteiger partial charge in [-0.2, -0.15) is 0 Å². The van der Waals surface area contributed by atoms with Gasteiger partial charge in [-0.15, -0.1) is 26.5 Å². The molecule has 0 aliphatic rings. The number of nitrogens with zero attached hydrogens (tertiary/aromatic N) is 10. The maximum atomic E-state index is 8.69. The van der Waals surface area contributed by atoms with E-state index in [0.29, 0.717) is 18.1 Å². The zero-order valence-electron chi connectivity index (χ0n) is 30.2. The largest absolute Gasteiger partial charge is 1.00 e. The molecule has 10 nitrogen and oxygen atoms in total. The molecule has 7 radical (unpaired) electrons. The van der Waals surface area contributed by atoms with E-state index in [4.69, 9.17) is 10.8 Å². The minimum Gasteiger partial charge on any atom is -0.845 e. The molecule has 0 bridgehead atoms. The molecular weight excluding hydrogens is 1510 g/mol. The van der Waals surface area contributed by atoms with Crippen LogP contribution in [0.1, 0.15) is 97.6 Å². The quantitative estimate of drug-likeness (QED) is 0.121. The van der Waals surface area contributed by atoms with Crippen LogP contribution >= 0.6 is 0 Å². The van der Waals surface area contributed by atoms with Crippen molar-refractivity contribution in [3.8, 4) is 0 Å². The Labute approximate surface area is 440 Å². The van der Waals surface area contributed by atoms with Crippen LogP contribution in [0.4, 0.5) is 0 Å². The summed E-state index contributed by atoms with van der Waals surface area (Å²) in [5.41, 5.74) is 0. The smallest absolute Gasteiger partial charge is 0.845 e. The standard InChI is InChI=1S/C7H13N2.C5H10N3.C5H11N2.C5H10N2.C5H13N.3CH4.10Ru/c1-7(2)9-5-4-8(3)6-9;1-4(2)8-5(6)7-3;1-5(2)7-4-6-3;1-4(2)5(6)7-3;1-5(2)6(3)4;;;;;;;;;;;;;/h4-7H,1-3H3;4H,1-3H3;4-5H,1-3H3;4H,1-3H3;5H,1-4H3;3*1H4;;;;;;;;;;/q+1;-3;-1;-2;;;;;;;;7*+1. The Morgan fingerprint density at radius 1 is 0.740 bits per heavy atom. The third-order valence-corrected chi connectivity index (χ3v) is 4.22. The summed E-state index contributed by atoms with van der Waals surface area (Å²) in [6.45, 7) is 20.2. The molecule has 0 aliphatic heterocycles. The zero-order valence-corrected chi connectivity index (χ0v) is 47.6. The zero-order chi connectivity index (χ0) is 30.1. The van der Waals surface area contributed by atoms with Crippen molar-refractivity contribution in [2.75, 3.05) is 35.2 Å². The van der Waals surface area contributed by atoms with Crippen LogP contribution < -0.4 is 4.57 Å². The van der Waals surface area contributed by atoms with Crippen LogP contribution in [0.15, 0.2) is 23.7 Å². The first-order valence-electron chi connectivity index (χ1n) is 12.8. The molecule has 50 heavy (non-hydrogen) atoms. The molecule has 0 saturated carbocycles. The molecule has 0 aromatic carbocycles. The average molecular weight is 1580 g/mol. The van der Waals surface area contributed by atoms with E-state index in [2.05, 4.69) is 90.0 Å². The van der Waals surface area contributed by atoms with Gasteiger partial charge in [0.2, 0.25) is 6.33 Å². The van der Waals surface area contributed by atoms with E-state index in [0.717, 1.165) is 0 Å². The molecule has 0 atom stereocenters. The Morgan fingerprint density at radius 3 is 1.18 bits per heavy atom. The van der Waals surface area contributed by atoms with Crippen LogP contribution in [0.3, 0.4) is 0 Å². The Hall–Kier alpha value is 3.61. The van der Waals surface area contributed by atoms with Crippen LogP contribution in [0, 0.1) is 5.92 Å². The Kier molecular flexibility index (Phi) is 171. The van der Waals surface area contributed by atoms with Crippen molar-refractivity contribution in [2.45, 2.75) is 116 Å². The number of aromatic nitrogens is 2. The third-order valence-electron chi connectivity index (χ3n) is 4.22. The second-order valence-corrected chi connectivity index (χ2v) is 9.78. The summed E-state index contributed by atoms with van der Waals surface area (Å²) in [4.78, 5) is 5.85. The molecule has 1 aromatic rings. The number of aliphatic imine (C=N–C) groups is 1. The van der Waals surface area contributed by atoms with E-state index in [1.807, 2.05) is 59.4 Å². The van der Waals surface area contributed by atoms with Gasteiger partial charge in [-0.3, -0.25) is 0 Å². The van der Waals surface area contributed by atoms with Gasteiger partial charge in [-0.1, -0.05) is 76.8 Å². The van der Waals surface area contributed by atoms with Crippen molar-refractivity contribution in [1.29, 1.82) is 0 Å². The summed E-state index contributed by atoms with van der Waals surface area (Å²) in [5.74, 6) is 0.269. The molecule has 0 N–H and O–H groups in total. The van der Waals surface area contributed by atoms with E-state index in [9.17, 15) is 0 Å². The second kappa shape index (κ2) is 77.2. The van der Waals surface area contributed by atoms with Crippen molar-refractivity contribution >= 4 is 18.1 Å². The Bertz CT molecular complexity index is 706. The molecule has 0 unspecified atom stereocenters. The van der Waals surface area contributed by atoms with Crippen molar-refractivity contribution in [3.63, 3.8) is 0 Å². The van der Waals surface area contributed by atoms with E-state index in [1.165, 1.54) is 7.05 Å². The van der Waals surface area contributed by atoms with E-state index < -0.39 is 0 Å². The van der Waals surface area contributed by atoms with Crippen LogP contribution in [0.2, 0.25) is 0 Å². The first-order valence-corrected chi connectivity index (χ1v) is 12.8. The van der Waals surface area contributed by atoms with Crippen molar-refractivity contribution in [2.24, 2.45) is 18.0 Å². The number of rotatable bonds is 6. The predicted octanol–water partition coefficient (Wildman–Crippen LogP) is 8.47. The van der Waals surface area contributed by atoms with Crippen LogP contribution in [-0.4, -0.2) is 81.0 Å². The Morgan fingerprint density at radius 2 is 1.10 bits per heavy atom. The minimum atomic E-state index is -0.125. The van der Waals surface area contributed by atoms with Gasteiger partial charge in [0.05, 0.1) is 13.1 Å². The van der Waals surface area contributed by atoms with Crippen molar-refractivity contribution < 1.29 is 199 Å². The molecule has 0 amide bonds. The SMILES string of the molecule is C.C.C.CC(C)N(C)C.CC(C)n1cc[n+](C)c1.CN=C[N-]C(C)C.C[N-]C(=[N-])C(C)C.C[N-]C(=[N-])[N-]C(C)C.[Ru+].[Ru+].[Ru+].[Ru+].[Ru+].[Ru+].[Ru+].[Ru].[Ru].[Ru]. The normalized spacial score (nSPS) is 7.48. The molecule has 0 spiro atoms. The molecule has 1 rings (SSSR count). The van der Waals surface area contributed by atoms with Gasteiger partial charge in [-0.25, -0.2) is 9.13 Å². The van der Waals surface area contributed by atoms with E-state index in [-0.39, 0.29) is 241 Å². The van der Waals surface area contributed by atoms with Gasteiger partial charge in [0.1, 0.15) is 12.4 Å². The minimum absolute atomic E-state index is 0. The molecule has 0 aliphatic carbocycles. The van der Waals surface area contributed by atoms with Crippen molar-refractivity contribution in [1.82, 2.24) is 9.47 Å². The summed E-state index contributed by atoms with van der Waals surface area (Å²) in [6.07, 6.45) is 7.76. The fourth-order valence-corrected chi connectivity index (χ4v) is 1.52. The van der Waals surface area contributed by atoms with Crippen LogP contribution in [-0.2, 0) is 202 Å². The average Bonchev–Trinajstić information content (AvgIpc) is 3.24. The monoisotopic (exact) mass is 1590 g/mol. The molecular formula is C30H69N10Ru10+2. The molecule has 1 heterocycles. The van der Waals surface area contributed by atoms with Gasteiger partial charge < -0.3 is 53.8 Å². The third kappa shape index (κ3) is 98.6. The fraction of sp³-hybridized carbons (Fsp3) is 0.800. The van der Waals surface area contributed by atoms with E-state index >= 15 is 0 Å². The Balaban J connectivity index is -0.0000000171. The first-order chi connectivity index (χ1) is 17.0. The first kappa shape index (κ1) is 111. The summed E-state index contributed by atoms with van der Waals surface area (Å²) in [6, 6.07) is 1.76. The predicted molar refractivity (Wildman–Crippen MR) is 187 cm³/mol. The molecule has 20 heteroatoms. The topological polar surface area (TPSA) is 125 Å². The van der Waals surface area contributed by atoms with Gasteiger partial charge in [-0.05, 0) is 47.8 Å². The summed E-state index contributed by atoms with van der Waals surface area (Å²) >= 11 is 0. The van der Waals surface area contributed by atoms with Gasteiger partial charge in [0.15, 0.2) is 0 Å². The second-order valence-electron chi connectivity index (χ2n) is 9.78. The summed E-state index contributed by atoms with van der Waals surface area (Å²) in [7, 11) is 11.0. The molecule has 0 fully saturated rings. The van der Waals surface area contributed by atoms with Gasteiger partial charge in [0, 0.05) is 64.5 Å². The van der Waals surface area contributed by atoms with Gasteiger partial charge >= 0.3 is 136 Å². The van der Waals surface area contributed by atoms with E-state index in [1.54, 1.807) is 20.4 Å². The number of guanidine groups is 1. The van der Waals surface area contributed by atoms with Gasteiger partial charge in [0.25, 0.3) is 0 Å². The van der Waals surface area contributed by atoms with Crippen LogP contribution in [0.25, 0.3) is 32.1 Å². The number of aryl methyl sites for hydroxylation is 1. The number of hydrogen-bond donors (Lipinski definition) is 0. The fourth-order valence-electron chi connectivity index (χ4n) is 1.52. The maximum absolute atomic E-state index is 8.69. The summed E-state index contributed by atoms with van der Waals surface area (Å²) in [5, 5.41) is 31.9. The van der Waals surface area contributed by atoms with Crippen LogP contribution in [0.5, 0.6) is 0 Å². The number of hydrogen-bond acceptors (Lipinski definition) is 2. The summed E-state index contributed by atoms with van der Waals surface area (Å²) < 4.78 is 4.21. The number of amidine groups is 1.